The number of aromatic nitrogens is 2. The molecule has 0 radical (unpaired) electrons. The quantitative estimate of drug-likeness (QED) is 0.619. The van der Waals surface area contributed by atoms with Crippen LogP contribution in [-0.2, 0) is 13.0 Å². The van der Waals surface area contributed by atoms with Crippen LogP contribution in [0.4, 0.5) is 10.5 Å². The van der Waals surface area contributed by atoms with Crippen LogP contribution in [0, 0.1) is 6.92 Å². The topological polar surface area (TPSA) is 87.5 Å². The number of halogens is 1. The second kappa shape index (κ2) is 7.71. The number of benzene rings is 2. The van der Waals surface area contributed by atoms with E-state index in [1.807, 2.05) is 55.5 Å². The van der Waals surface area contributed by atoms with Gasteiger partial charge in [0.1, 0.15) is 0 Å². The predicted molar refractivity (Wildman–Crippen MR) is 113 cm³/mol. The van der Waals surface area contributed by atoms with Gasteiger partial charge in [0.2, 0.25) is 0 Å². The van der Waals surface area contributed by atoms with Crippen molar-refractivity contribution in [3.63, 3.8) is 0 Å². The van der Waals surface area contributed by atoms with E-state index in [0.29, 0.717) is 24.2 Å². The van der Waals surface area contributed by atoms with Crippen molar-refractivity contribution in [2.45, 2.75) is 19.9 Å². The van der Waals surface area contributed by atoms with Crippen molar-refractivity contribution >= 4 is 33.6 Å². The fraction of sp³-hybridized carbons (Fsp3) is 0.190. The molecule has 7 nitrogen and oxygen atoms in total. The number of fused-ring (bicyclic) bond motifs is 1. The van der Waals surface area contributed by atoms with Crippen LogP contribution in [0.5, 0.6) is 0 Å². The number of urea groups is 1. The van der Waals surface area contributed by atoms with Crippen LogP contribution in [0.25, 0.3) is 5.69 Å². The van der Waals surface area contributed by atoms with E-state index in [9.17, 15) is 14.7 Å². The van der Waals surface area contributed by atoms with Gasteiger partial charge in [0.15, 0.2) is 5.69 Å². The molecule has 2 amide bonds. The maximum absolute atomic E-state index is 12.7. The van der Waals surface area contributed by atoms with E-state index in [4.69, 9.17) is 0 Å². The normalized spacial score (nSPS) is 13.1. The highest BCUT2D eigenvalue weighted by atomic mass is 79.9. The predicted octanol–water partition coefficient (Wildman–Crippen LogP) is 4.23. The number of hydrogen-bond donors (Lipinski definition) is 2. The number of carbonyl (C=O) groups excluding carboxylic acids is 1. The summed E-state index contributed by atoms with van der Waals surface area (Å²) in [6, 6.07) is 14.8. The summed E-state index contributed by atoms with van der Waals surface area (Å²) in [7, 11) is 0. The summed E-state index contributed by atoms with van der Waals surface area (Å²) in [5, 5.41) is 16.8. The zero-order valence-electron chi connectivity index (χ0n) is 15.7. The smallest absolute Gasteiger partial charge is 0.356 e. The Morgan fingerprint density at radius 2 is 1.93 bits per heavy atom. The van der Waals surface area contributed by atoms with Crippen molar-refractivity contribution in [2.24, 2.45) is 0 Å². The number of aryl methyl sites for hydroxylation is 1. The fourth-order valence-electron chi connectivity index (χ4n) is 3.49. The third kappa shape index (κ3) is 3.88. The van der Waals surface area contributed by atoms with Crippen LogP contribution < -0.4 is 5.32 Å². The minimum absolute atomic E-state index is 0.0176. The molecule has 2 aromatic carbocycles. The molecule has 8 heteroatoms. The first kappa shape index (κ1) is 19.2. The van der Waals surface area contributed by atoms with Crippen molar-refractivity contribution in [3.05, 3.63) is 75.5 Å². The van der Waals surface area contributed by atoms with Crippen molar-refractivity contribution in [1.29, 1.82) is 0 Å². The molecule has 148 valence electrons. The number of nitrogens with zero attached hydrogens (tertiary/aromatic N) is 3. The van der Waals surface area contributed by atoms with E-state index in [2.05, 4.69) is 26.3 Å². The molecule has 0 bridgehead atoms. The minimum atomic E-state index is -1.10. The number of anilines is 1. The third-order valence-electron chi connectivity index (χ3n) is 4.89. The average Bonchev–Trinajstić information content (AvgIpc) is 3.08. The summed E-state index contributed by atoms with van der Waals surface area (Å²) in [4.78, 5) is 26.1. The molecular weight excluding hydrogens is 436 g/mol. The highest BCUT2D eigenvalue weighted by molar-refractivity contribution is 9.10. The Bertz CT molecular complexity index is 1090. The van der Waals surface area contributed by atoms with E-state index in [0.717, 1.165) is 21.4 Å². The van der Waals surface area contributed by atoms with Crippen LogP contribution in [0.3, 0.4) is 0 Å². The molecule has 0 unspecified atom stereocenters. The molecule has 0 saturated heterocycles. The summed E-state index contributed by atoms with van der Waals surface area (Å²) in [5.41, 5.74) is 3.93. The second-order valence-corrected chi connectivity index (χ2v) is 7.85. The Hall–Kier alpha value is -3.13. The van der Waals surface area contributed by atoms with Crippen LogP contribution in [-0.4, -0.2) is 38.3 Å². The lowest BCUT2D eigenvalue weighted by molar-refractivity contribution is 0.0687. The molecule has 0 aliphatic carbocycles. The van der Waals surface area contributed by atoms with Gasteiger partial charge in [-0.15, -0.1) is 0 Å². The monoisotopic (exact) mass is 454 g/mol. The SMILES string of the molecule is Cc1cccc(NC(=O)N2CCc3c(c(C(=O)O)nn3-c3ccc(Br)cc3)C2)c1. The van der Waals surface area contributed by atoms with E-state index in [1.165, 1.54) is 0 Å². The molecule has 3 aromatic rings. The summed E-state index contributed by atoms with van der Waals surface area (Å²) in [5.74, 6) is -1.10. The van der Waals surface area contributed by atoms with Gasteiger partial charge < -0.3 is 15.3 Å². The number of hydrogen-bond acceptors (Lipinski definition) is 3. The fourth-order valence-corrected chi connectivity index (χ4v) is 3.75. The first-order chi connectivity index (χ1) is 13.9. The molecule has 1 aliphatic heterocycles. The van der Waals surface area contributed by atoms with Gasteiger partial charge in [-0.3, -0.25) is 0 Å². The lowest BCUT2D eigenvalue weighted by Crippen LogP contribution is -2.39. The Kier molecular flexibility index (Phi) is 5.10. The molecule has 1 aliphatic rings. The summed E-state index contributed by atoms with van der Waals surface area (Å²) in [6.45, 7) is 2.63. The largest absolute Gasteiger partial charge is 0.476 e. The lowest BCUT2D eigenvalue weighted by atomic mass is 10.1. The van der Waals surface area contributed by atoms with Crippen molar-refractivity contribution in [3.8, 4) is 5.69 Å². The molecule has 29 heavy (non-hydrogen) atoms. The van der Waals surface area contributed by atoms with Crippen LogP contribution in [0.1, 0.15) is 27.3 Å². The Morgan fingerprint density at radius 3 is 2.62 bits per heavy atom. The number of carboxylic acids is 1. The number of carboxylic acid groups (broad SMARTS) is 1. The van der Waals surface area contributed by atoms with Gasteiger partial charge in [0, 0.05) is 28.7 Å². The van der Waals surface area contributed by atoms with Crippen molar-refractivity contribution < 1.29 is 14.7 Å². The minimum Gasteiger partial charge on any atom is -0.476 e. The first-order valence-electron chi connectivity index (χ1n) is 9.15. The number of amides is 2. The summed E-state index contributed by atoms with van der Waals surface area (Å²) >= 11 is 3.40. The summed E-state index contributed by atoms with van der Waals surface area (Å²) in [6.07, 6.45) is 0.521. The van der Waals surface area contributed by atoms with Crippen molar-refractivity contribution in [2.75, 3.05) is 11.9 Å². The highest BCUT2D eigenvalue weighted by Gasteiger charge is 2.30. The number of rotatable bonds is 3. The molecule has 1 aromatic heterocycles. The molecule has 2 heterocycles. The molecule has 2 N–H and O–H groups in total. The maximum Gasteiger partial charge on any atom is 0.356 e. The van der Waals surface area contributed by atoms with Crippen LogP contribution in [0.15, 0.2) is 53.0 Å². The van der Waals surface area contributed by atoms with Crippen molar-refractivity contribution in [1.82, 2.24) is 14.7 Å². The molecule has 4 rings (SSSR count). The molecular formula is C21H19BrN4O3. The van der Waals surface area contributed by atoms with Crippen LogP contribution >= 0.6 is 15.9 Å². The van der Waals surface area contributed by atoms with Gasteiger partial charge in [-0.05, 0) is 48.9 Å². The van der Waals surface area contributed by atoms with Crippen LogP contribution in [0.2, 0.25) is 0 Å². The van der Waals surface area contributed by atoms with Gasteiger partial charge in [-0.2, -0.15) is 5.10 Å². The van der Waals surface area contributed by atoms with E-state index in [-0.39, 0.29) is 18.3 Å². The Balaban J connectivity index is 1.62. The van der Waals surface area contributed by atoms with Gasteiger partial charge in [0.05, 0.1) is 17.9 Å². The van der Waals surface area contributed by atoms with Gasteiger partial charge in [-0.1, -0.05) is 28.1 Å². The zero-order valence-corrected chi connectivity index (χ0v) is 17.3. The zero-order chi connectivity index (χ0) is 20.5. The standard InChI is InChI=1S/C21H19BrN4O3/c1-13-3-2-4-15(11-13)23-21(29)25-10-9-18-17(12-25)19(20(27)28)24-26(18)16-7-5-14(22)6-8-16/h2-8,11H,9-10,12H2,1H3,(H,23,29)(H,27,28). The van der Waals surface area contributed by atoms with E-state index < -0.39 is 5.97 Å². The number of carbonyl (C=O) groups is 2. The lowest BCUT2D eigenvalue weighted by Gasteiger charge is -2.28. The van der Waals surface area contributed by atoms with E-state index >= 15 is 0 Å². The van der Waals surface area contributed by atoms with Gasteiger partial charge in [-0.25, -0.2) is 14.3 Å². The first-order valence-corrected chi connectivity index (χ1v) is 9.94. The van der Waals surface area contributed by atoms with E-state index in [1.54, 1.807) is 9.58 Å². The Labute approximate surface area is 176 Å². The molecule has 0 fully saturated rings. The number of aromatic carboxylic acids is 1. The highest BCUT2D eigenvalue weighted by Crippen LogP contribution is 2.27. The number of nitrogens with one attached hydrogen (secondary N) is 1. The maximum atomic E-state index is 12.7. The van der Waals surface area contributed by atoms with Gasteiger partial charge in [0.25, 0.3) is 0 Å². The van der Waals surface area contributed by atoms with Gasteiger partial charge >= 0.3 is 12.0 Å². The molecule has 0 atom stereocenters. The second-order valence-electron chi connectivity index (χ2n) is 6.94. The Morgan fingerprint density at radius 1 is 1.17 bits per heavy atom. The average molecular weight is 455 g/mol. The summed E-state index contributed by atoms with van der Waals surface area (Å²) < 4.78 is 2.60. The third-order valence-corrected chi connectivity index (χ3v) is 5.42. The molecule has 0 saturated carbocycles. The molecule has 0 spiro atoms.